The Morgan fingerprint density at radius 3 is 1.48 bits per heavy atom. The molecule has 2 rings (SSSR count). The summed E-state index contributed by atoms with van der Waals surface area (Å²) in [6.07, 6.45) is 8.81. The van der Waals surface area contributed by atoms with Crippen LogP contribution in [-0.2, 0) is 14.4 Å². The summed E-state index contributed by atoms with van der Waals surface area (Å²) in [6, 6.07) is 0. The lowest BCUT2D eigenvalue weighted by atomic mass is 9.43. The smallest absolute Gasteiger partial charge is 0.309 e. The van der Waals surface area contributed by atoms with Crippen LogP contribution in [0, 0.1) is 79.8 Å². The van der Waals surface area contributed by atoms with E-state index < -0.39 is 28.7 Å². The second-order valence-electron chi connectivity index (χ2n) is 20.3. The number of carboxylic acid groups (broad SMARTS) is 3. The van der Waals surface area contributed by atoms with E-state index in [4.69, 9.17) is 0 Å². The molecule has 6 heteroatoms. The van der Waals surface area contributed by atoms with Gasteiger partial charge in [-0.05, 0) is 129 Å². The Morgan fingerprint density at radius 2 is 1.04 bits per heavy atom. The molecule has 0 aromatic heterocycles. The summed E-state index contributed by atoms with van der Waals surface area (Å²) in [4.78, 5) is 36.1. The highest BCUT2D eigenvalue weighted by molar-refractivity contribution is 5.74. The first-order chi connectivity index (χ1) is 20.5. The maximum Gasteiger partial charge on any atom is 0.309 e. The number of fused-ring (bicyclic) bond motifs is 1. The summed E-state index contributed by atoms with van der Waals surface area (Å²) < 4.78 is 0. The van der Waals surface area contributed by atoms with Crippen molar-refractivity contribution in [1.82, 2.24) is 0 Å². The fourth-order valence-corrected chi connectivity index (χ4v) is 11.5. The monoisotopic (exact) mass is 647 g/mol. The van der Waals surface area contributed by atoms with E-state index in [1.807, 2.05) is 27.7 Å². The molecule has 266 valence electrons. The molecule has 1 fully saturated rings. The fraction of sp³-hybridized carbons (Fsp3) is 0.875. The third kappa shape index (κ3) is 9.62. The summed E-state index contributed by atoms with van der Waals surface area (Å²) >= 11 is 0. The Kier molecular flexibility index (Phi) is 11.9. The molecule has 0 amide bonds. The molecule has 8 unspecified atom stereocenters. The summed E-state index contributed by atoms with van der Waals surface area (Å²) in [5.41, 5.74) is -2.49. The van der Waals surface area contributed by atoms with Gasteiger partial charge in [-0.25, -0.2) is 0 Å². The quantitative estimate of drug-likeness (QED) is 0.153. The molecular weight excluding hydrogens is 576 g/mol. The zero-order valence-electron chi connectivity index (χ0n) is 32.1. The Hall–Kier alpha value is -1.85. The van der Waals surface area contributed by atoms with E-state index in [1.54, 1.807) is 0 Å². The first-order valence-corrected chi connectivity index (χ1v) is 17.8. The molecule has 0 aliphatic heterocycles. The van der Waals surface area contributed by atoms with E-state index >= 15 is 0 Å². The van der Waals surface area contributed by atoms with Gasteiger partial charge in [0.05, 0.1) is 17.3 Å². The molecule has 6 nitrogen and oxygen atoms in total. The molecule has 0 heterocycles. The van der Waals surface area contributed by atoms with Crippen molar-refractivity contribution in [2.24, 2.45) is 79.8 Å². The Morgan fingerprint density at radius 1 is 0.587 bits per heavy atom. The van der Waals surface area contributed by atoms with Gasteiger partial charge < -0.3 is 15.3 Å². The SMILES string of the molecule is CC1C=CC(CC(C)(C)CC(C)(C)C(=O)O)C2C(C)C(CC(C)(C)CC(C)(C)C(=O)O)C(C)C(C(C)(C)CC(C)(C)CC(=O)O)C12. The average Bonchev–Trinajstić information content (AvgIpc) is 2.80. The Labute approximate surface area is 281 Å². The van der Waals surface area contributed by atoms with Crippen LogP contribution in [0.5, 0.6) is 0 Å². The van der Waals surface area contributed by atoms with E-state index in [0.29, 0.717) is 60.2 Å². The van der Waals surface area contributed by atoms with Gasteiger partial charge in [0, 0.05) is 0 Å². The standard InChI is InChI=1S/C40H70O6/c1-24-16-17-27(18-35(4,5)22-39(12,13)33(43)44)31-25(2)28(19-36(6,7)23-40(14,15)34(45)46)26(3)32(30(24)31)38(10,11)21-37(8,9)20-29(41)42/h16-17,24-28,30-32H,18-23H2,1-15H3,(H,41,42)(H,43,44)(H,45,46). The largest absolute Gasteiger partial charge is 0.481 e. The van der Waals surface area contributed by atoms with Gasteiger partial charge in [0.25, 0.3) is 0 Å². The molecular formula is C40H70O6. The molecule has 1 saturated carbocycles. The number of hydrogen-bond acceptors (Lipinski definition) is 3. The number of aliphatic carboxylic acids is 3. The Bertz CT molecular complexity index is 1140. The topological polar surface area (TPSA) is 112 Å². The summed E-state index contributed by atoms with van der Waals surface area (Å²) in [6.45, 7) is 32.3. The molecule has 0 radical (unpaired) electrons. The molecule has 2 aliphatic rings. The van der Waals surface area contributed by atoms with Crippen molar-refractivity contribution in [2.45, 2.75) is 142 Å². The van der Waals surface area contributed by atoms with Crippen molar-refractivity contribution < 1.29 is 29.7 Å². The third-order valence-corrected chi connectivity index (χ3v) is 12.2. The van der Waals surface area contributed by atoms with Crippen LogP contribution in [0.4, 0.5) is 0 Å². The van der Waals surface area contributed by atoms with Crippen LogP contribution in [0.25, 0.3) is 0 Å². The highest BCUT2D eigenvalue weighted by Gasteiger charge is 2.57. The minimum Gasteiger partial charge on any atom is -0.481 e. The maximum atomic E-state index is 12.2. The van der Waals surface area contributed by atoms with Gasteiger partial charge in [0.15, 0.2) is 0 Å². The van der Waals surface area contributed by atoms with Crippen molar-refractivity contribution in [3.63, 3.8) is 0 Å². The van der Waals surface area contributed by atoms with E-state index in [2.05, 4.69) is 88.3 Å². The van der Waals surface area contributed by atoms with Crippen LogP contribution in [0.15, 0.2) is 12.2 Å². The Balaban J connectivity index is 2.67. The van der Waals surface area contributed by atoms with Crippen LogP contribution >= 0.6 is 0 Å². The van der Waals surface area contributed by atoms with Crippen molar-refractivity contribution in [3.8, 4) is 0 Å². The molecule has 0 bridgehead atoms. The summed E-state index contributed by atoms with van der Waals surface area (Å²) in [7, 11) is 0. The predicted octanol–water partition coefficient (Wildman–Crippen LogP) is 10.3. The van der Waals surface area contributed by atoms with Crippen LogP contribution in [0.1, 0.15) is 142 Å². The summed E-state index contributed by atoms with van der Waals surface area (Å²) in [5.74, 6) is 0.670. The lowest BCUT2D eigenvalue weighted by Gasteiger charge is -2.61. The van der Waals surface area contributed by atoms with E-state index in [0.717, 1.165) is 19.3 Å². The number of carboxylic acids is 3. The van der Waals surface area contributed by atoms with E-state index in [-0.39, 0.29) is 28.1 Å². The molecule has 0 aromatic carbocycles. The molecule has 46 heavy (non-hydrogen) atoms. The molecule has 0 saturated heterocycles. The fourth-order valence-electron chi connectivity index (χ4n) is 11.5. The van der Waals surface area contributed by atoms with Crippen molar-refractivity contribution >= 4 is 17.9 Å². The third-order valence-electron chi connectivity index (χ3n) is 12.2. The maximum absolute atomic E-state index is 12.2. The zero-order valence-corrected chi connectivity index (χ0v) is 32.1. The average molecular weight is 647 g/mol. The molecule has 2 aliphatic carbocycles. The number of hydrogen-bond donors (Lipinski definition) is 3. The number of allylic oxidation sites excluding steroid dienone is 2. The first-order valence-electron chi connectivity index (χ1n) is 17.8. The van der Waals surface area contributed by atoms with Crippen LogP contribution in [0.3, 0.4) is 0 Å². The predicted molar refractivity (Wildman–Crippen MR) is 187 cm³/mol. The lowest BCUT2D eigenvalue weighted by molar-refractivity contribution is -0.151. The van der Waals surface area contributed by atoms with Gasteiger partial charge in [0.1, 0.15) is 0 Å². The van der Waals surface area contributed by atoms with Gasteiger partial charge in [-0.2, -0.15) is 0 Å². The minimum atomic E-state index is -0.821. The molecule has 8 atom stereocenters. The lowest BCUT2D eigenvalue weighted by Crippen LogP contribution is -2.56. The number of rotatable bonds is 15. The second-order valence-corrected chi connectivity index (χ2v) is 20.3. The molecule has 0 spiro atoms. The molecule has 3 N–H and O–H groups in total. The summed E-state index contributed by atoms with van der Waals surface area (Å²) in [5, 5.41) is 29.7. The highest BCUT2D eigenvalue weighted by Crippen LogP contribution is 2.63. The van der Waals surface area contributed by atoms with Gasteiger partial charge in [-0.15, -0.1) is 0 Å². The van der Waals surface area contributed by atoms with Crippen molar-refractivity contribution in [1.29, 1.82) is 0 Å². The second kappa shape index (κ2) is 13.6. The normalized spacial score (nSPS) is 29.7. The van der Waals surface area contributed by atoms with Crippen molar-refractivity contribution in [3.05, 3.63) is 12.2 Å². The van der Waals surface area contributed by atoms with Crippen LogP contribution in [0.2, 0.25) is 0 Å². The first kappa shape index (κ1) is 40.3. The molecule has 0 aromatic rings. The van der Waals surface area contributed by atoms with Gasteiger partial charge in [-0.1, -0.05) is 88.3 Å². The van der Waals surface area contributed by atoms with Gasteiger partial charge in [0.2, 0.25) is 0 Å². The zero-order chi connectivity index (χ0) is 36.0. The number of carbonyl (C=O) groups is 3. The highest BCUT2D eigenvalue weighted by atomic mass is 16.4. The van der Waals surface area contributed by atoms with E-state index in [9.17, 15) is 29.7 Å². The van der Waals surface area contributed by atoms with Crippen LogP contribution < -0.4 is 0 Å². The van der Waals surface area contributed by atoms with Gasteiger partial charge in [-0.3, -0.25) is 14.4 Å². The van der Waals surface area contributed by atoms with Crippen LogP contribution in [-0.4, -0.2) is 33.2 Å². The van der Waals surface area contributed by atoms with E-state index in [1.165, 1.54) is 0 Å². The minimum absolute atomic E-state index is 0.130. The van der Waals surface area contributed by atoms with Gasteiger partial charge >= 0.3 is 17.9 Å². The van der Waals surface area contributed by atoms with Crippen molar-refractivity contribution in [2.75, 3.05) is 0 Å².